The van der Waals surface area contributed by atoms with Gasteiger partial charge in [-0.05, 0) is 26.5 Å². The van der Waals surface area contributed by atoms with E-state index in [-0.39, 0.29) is 29.5 Å². The van der Waals surface area contributed by atoms with Crippen molar-refractivity contribution in [3.63, 3.8) is 0 Å². The van der Waals surface area contributed by atoms with Gasteiger partial charge >= 0.3 is 0 Å². The van der Waals surface area contributed by atoms with Gasteiger partial charge in [0.2, 0.25) is 0 Å². The van der Waals surface area contributed by atoms with E-state index in [0.717, 1.165) is 50.5 Å². The monoisotopic (exact) mass is 421 g/mol. The van der Waals surface area contributed by atoms with E-state index < -0.39 is 6.10 Å². The van der Waals surface area contributed by atoms with Crippen LogP contribution < -0.4 is 10.1 Å². The highest BCUT2D eigenvalue weighted by Gasteiger charge is 2.52. The summed E-state index contributed by atoms with van der Waals surface area (Å²) in [5.74, 6) is 0.798. The Hall–Kier alpha value is -1.76. The molecule has 0 unspecified atom stereocenters. The van der Waals surface area contributed by atoms with E-state index >= 15 is 0 Å². The predicted molar refractivity (Wildman–Crippen MR) is 116 cm³/mol. The molecule has 1 aromatic rings. The van der Waals surface area contributed by atoms with Crippen molar-refractivity contribution in [2.24, 2.45) is 0 Å². The predicted octanol–water partition coefficient (Wildman–Crippen LogP) is 2.41. The fourth-order valence-electron chi connectivity index (χ4n) is 4.64. The van der Waals surface area contributed by atoms with Crippen molar-refractivity contribution in [2.75, 3.05) is 46.3 Å². The van der Waals surface area contributed by atoms with Crippen molar-refractivity contribution in [1.29, 1.82) is 0 Å². The lowest BCUT2D eigenvalue weighted by Crippen LogP contribution is -2.48. The topological polar surface area (TPSA) is 65.0 Å². The number of nitrogens with one attached hydrogen (secondary N) is 1. The minimum atomic E-state index is -0.429. The highest BCUT2D eigenvalue weighted by molar-refractivity contribution is 5.96. The average Bonchev–Trinajstić information content (AvgIpc) is 2.96. The van der Waals surface area contributed by atoms with E-state index in [2.05, 4.69) is 42.1 Å². The smallest absolute Gasteiger partial charge is 0.254 e. The summed E-state index contributed by atoms with van der Waals surface area (Å²) >= 11 is 0. The summed E-state index contributed by atoms with van der Waals surface area (Å²) in [4.78, 5) is 17.7. The SMILES string of the molecule is Cc1ccc2c(c1)[C@]1(C)CCC(O)=C(C(=O)NCCN3CCN(C)CC3)[C@@H]1O2.Cl. The Morgan fingerprint density at radius 3 is 2.76 bits per heavy atom. The molecule has 29 heavy (non-hydrogen) atoms. The Morgan fingerprint density at radius 1 is 1.31 bits per heavy atom. The molecule has 0 bridgehead atoms. The van der Waals surface area contributed by atoms with Crippen LogP contribution in [-0.4, -0.2) is 73.2 Å². The van der Waals surface area contributed by atoms with Gasteiger partial charge in [0.05, 0.1) is 5.57 Å². The van der Waals surface area contributed by atoms with Crippen LogP contribution in [0.2, 0.25) is 0 Å². The summed E-state index contributed by atoms with van der Waals surface area (Å²) in [5, 5.41) is 13.6. The first kappa shape index (κ1) is 21.9. The summed E-state index contributed by atoms with van der Waals surface area (Å²) in [6, 6.07) is 6.16. The molecule has 160 valence electrons. The number of ether oxygens (including phenoxy) is 1. The molecule has 1 aliphatic carbocycles. The Balaban J connectivity index is 0.00000240. The molecule has 2 N–H and O–H groups in total. The molecular formula is C22H32ClN3O3. The van der Waals surface area contributed by atoms with E-state index in [1.54, 1.807) is 0 Å². The maximum Gasteiger partial charge on any atom is 0.254 e. The molecule has 1 saturated heterocycles. The highest BCUT2D eigenvalue weighted by atomic mass is 35.5. The van der Waals surface area contributed by atoms with E-state index in [9.17, 15) is 9.90 Å². The number of likely N-dealkylation sites (N-methyl/N-ethyl adjacent to an activating group) is 1. The second-order valence-electron chi connectivity index (χ2n) is 8.68. The molecule has 1 amide bonds. The maximum atomic E-state index is 13.0. The third kappa shape index (κ3) is 4.11. The molecule has 0 saturated carbocycles. The number of rotatable bonds is 4. The van der Waals surface area contributed by atoms with Gasteiger partial charge in [0.15, 0.2) is 0 Å². The zero-order valence-electron chi connectivity index (χ0n) is 17.5. The van der Waals surface area contributed by atoms with Gasteiger partial charge in [-0.3, -0.25) is 9.69 Å². The van der Waals surface area contributed by atoms with Gasteiger partial charge in [-0.15, -0.1) is 12.4 Å². The van der Waals surface area contributed by atoms with E-state index in [0.29, 0.717) is 18.5 Å². The lowest BCUT2D eigenvalue weighted by Gasteiger charge is -2.36. The minimum absolute atomic E-state index is 0. The molecule has 4 rings (SSSR count). The second-order valence-corrected chi connectivity index (χ2v) is 8.68. The first-order valence-corrected chi connectivity index (χ1v) is 10.3. The number of hydrogen-bond donors (Lipinski definition) is 2. The average molecular weight is 422 g/mol. The molecule has 0 spiro atoms. The number of halogens is 1. The van der Waals surface area contributed by atoms with Crippen molar-refractivity contribution < 1.29 is 14.6 Å². The quantitative estimate of drug-likeness (QED) is 0.781. The highest BCUT2D eigenvalue weighted by Crippen LogP contribution is 2.51. The van der Waals surface area contributed by atoms with Gasteiger partial charge in [-0.2, -0.15) is 0 Å². The summed E-state index contributed by atoms with van der Waals surface area (Å²) < 4.78 is 6.19. The summed E-state index contributed by atoms with van der Waals surface area (Å²) in [6.45, 7) is 9.80. The van der Waals surface area contributed by atoms with Crippen LogP contribution in [0.3, 0.4) is 0 Å². The summed E-state index contributed by atoms with van der Waals surface area (Å²) in [7, 11) is 2.13. The summed E-state index contributed by atoms with van der Waals surface area (Å²) in [6.07, 6.45) is 0.852. The number of fused-ring (bicyclic) bond motifs is 3. The lowest BCUT2D eigenvalue weighted by molar-refractivity contribution is -0.119. The van der Waals surface area contributed by atoms with Gasteiger partial charge in [0, 0.05) is 56.7 Å². The number of benzene rings is 1. The van der Waals surface area contributed by atoms with Crippen molar-refractivity contribution in [3.8, 4) is 5.75 Å². The molecule has 3 aliphatic rings. The van der Waals surface area contributed by atoms with Crippen molar-refractivity contribution >= 4 is 18.3 Å². The molecule has 2 aliphatic heterocycles. The Labute approximate surface area is 179 Å². The number of aliphatic hydroxyl groups is 1. The summed E-state index contributed by atoms with van der Waals surface area (Å²) in [5.41, 5.74) is 2.45. The third-order valence-electron chi connectivity index (χ3n) is 6.58. The van der Waals surface area contributed by atoms with Gasteiger partial charge in [0.25, 0.3) is 5.91 Å². The van der Waals surface area contributed by atoms with Crippen LogP contribution in [0.25, 0.3) is 0 Å². The van der Waals surface area contributed by atoms with Gasteiger partial charge in [-0.1, -0.05) is 24.6 Å². The standard InChI is InChI=1S/C22H31N3O3.ClH/c1-15-4-5-18-16(14-15)22(2)7-6-17(26)19(20(22)28-18)21(27)23-8-9-25-12-10-24(3)11-13-25;/h4-5,14,20,26H,6-13H2,1-3H3,(H,23,27);1H/t20-,22-;/m0./s1. The van der Waals surface area contributed by atoms with Gasteiger partial charge in [0.1, 0.15) is 17.6 Å². The maximum absolute atomic E-state index is 13.0. The van der Waals surface area contributed by atoms with Crippen LogP contribution in [0.5, 0.6) is 5.75 Å². The molecule has 0 radical (unpaired) electrons. The van der Waals surface area contributed by atoms with Crippen LogP contribution in [0.15, 0.2) is 29.5 Å². The first-order chi connectivity index (χ1) is 13.4. The van der Waals surface area contributed by atoms with E-state index in [1.165, 1.54) is 5.56 Å². The number of carbonyl (C=O) groups excluding carboxylic acids is 1. The molecule has 0 aromatic heterocycles. The number of amides is 1. The van der Waals surface area contributed by atoms with Crippen LogP contribution in [0.4, 0.5) is 0 Å². The number of nitrogens with zero attached hydrogens (tertiary/aromatic N) is 2. The second kappa shape index (κ2) is 8.54. The molecule has 1 fully saturated rings. The van der Waals surface area contributed by atoms with Crippen LogP contribution in [-0.2, 0) is 10.2 Å². The van der Waals surface area contributed by atoms with Crippen LogP contribution in [0, 0.1) is 6.92 Å². The molecule has 2 heterocycles. The Kier molecular flexibility index (Phi) is 6.46. The van der Waals surface area contributed by atoms with Crippen molar-refractivity contribution in [1.82, 2.24) is 15.1 Å². The van der Waals surface area contributed by atoms with Crippen molar-refractivity contribution in [3.05, 3.63) is 40.7 Å². The van der Waals surface area contributed by atoms with Gasteiger partial charge < -0.3 is 20.1 Å². The van der Waals surface area contributed by atoms with Crippen LogP contribution >= 0.6 is 12.4 Å². The van der Waals surface area contributed by atoms with E-state index in [4.69, 9.17) is 4.74 Å². The fraction of sp³-hybridized carbons (Fsp3) is 0.591. The first-order valence-electron chi connectivity index (χ1n) is 10.3. The van der Waals surface area contributed by atoms with E-state index in [1.807, 2.05) is 12.1 Å². The number of allylic oxidation sites excluding steroid dienone is 1. The minimum Gasteiger partial charge on any atom is -0.512 e. The number of hydrogen-bond acceptors (Lipinski definition) is 5. The normalized spacial score (nSPS) is 26.9. The van der Waals surface area contributed by atoms with Gasteiger partial charge in [-0.25, -0.2) is 0 Å². The lowest BCUT2D eigenvalue weighted by atomic mass is 9.69. The Morgan fingerprint density at radius 2 is 2.03 bits per heavy atom. The number of piperazine rings is 1. The molecular weight excluding hydrogens is 390 g/mol. The zero-order valence-corrected chi connectivity index (χ0v) is 18.3. The third-order valence-corrected chi connectivity index (χ3v) is 6.58. The Bertz CT molecular complexity index is 804. The molecule has 7 heteroatoms. The molecule has 1 aromatic carbocycles. The molecule has 2 atom stereocenters. The number of carbonyl (C=O) groups is 1. The van der Waals surface area contributed by atoms with Crippen molar-refractivity contribution in [2.45, 2.75) is 38.2 Å². The van der Waals surface area contributed by atoms with Crippen LogP contribution in [0.1, 0.15) is 30.9 Å². The number of aliphatic hydroxyl groups excluding tert-OH is 1. The molecule has 6 nitrogen and oxygen atoms in total. The number of aryl methyl sites for hydroxylation is 1. The zero-order chi connectivity index (χ0) is 19.9. The fourth-order valence-corrected chi connectivity index (χ4v) is 4.64. The largest absolute Gasteiger partial charge is 0.512 e.